The zero-order valence-corrected chi connectivity index (χ0v) is 22.7. The van der Waals surface area contributed by atoms with E-state index < -0.39 is 0 Å². The average molecular weight is 603 g/mol. The summed E-state index contributed by atoms with van der Waals surface area (Å²) in [6.45, 7) is 0.238. The molecule has 3 aromatic carbocycles. The normalized spacial score (nSPS) is 11.0. The van der Waals surface area contributed by atoms with Crippen LogP contribution >= 0.6 is 62.5 Å². The third-order valence-electron chi connectivity index (χ3n) is 4.46. The van der Waals surface area contributed by atoms with Crippen LogP contribution in [-0.2, 0) is 17.2 Å². The molecule has 1 amide bonds. The van der Waals surface area contributed by atoms with E-state index in [9.17, 15) is 4.79 Å². The molecule has 0 aromatic heterocycles. The number of benzene rings is 3. The number of thioether (sulfide) groups is 1. The molecule has 0 heterocycles. The summed E-state index contributed by atoms with van der Waals surface area (Å²) in [5, 5.41) is 5.81. The van der Waals surface area contributed by atoms with Crippen LogP contribution in [0, 0.1) is 0 Å². The molecule has 10 heteroatoms. The summed E-state index contributed by atoms with van der Waals surface area (Å²) in [5.74, 6) is 1.83. The second-order valence-corrected chi connectivity index (χ2v) is 10.1. The first-order valence-corrected chi connectivity index (χ1v) is 13.0. The highest BCUT2D eigenvalue weighted by Gasteiger charge is 2.13. The molecule has 0 aliphatic rings. The lowest BCUT2D eigenvalue weighted by atomic mass is 10.2. The molecule has 0 atom stereocenters. The van der Waals surface area contributed by atoms with Gasteiger partial charge in [-0.1, -0.05) is 53.0 Å². The van der Waals surface area contributed by atoms with Crippen molar-refractivity contribution in [1.29, 1.82) is 0 Å². The zero-order valence-electron chi connectivity index (χ0n) is 18.0. The molecule has 178 valence electrons. The van der Waals surface area contributed by atoms with Crippen LogP contribution in [0.3, 0.4) is 0 Å². The summed E-state index contributed by atoms with van der Waals surface area (Å²) in [5.41, 5.74) is 5.14. The van der Waals surface area contributed by atoms with Gasteiger partial charge in [-0.2, -0.15) is 5.10 Å². The molecule has 0 unspecified atom stereocenters. The molecule has 0 spiro atoms. The Morgan fingerprint density at radius 1 is 1.09 bits per heavy atom. The number of hydrogen-bond acceptors (Lipinski definition) is 5. The third kappa shape index (κ3) is 8.10. The van der Waals surface area contributed by atoms with E-state index >= 15 is 0 Å². The second-order valence-electron chi connectivity index (χ2n) is 6.97. The molecule has 0 aliphatic carbocycles. The fraction of sp³-hybridized carbons (Fsp3) is 0.167. The molecule has 0 bridgehead atoms. The summed E-state index contributed by atoms with van der Waals surface area (Å²) in [4.78, 5) is 12.1. The Hall–Kier alpha value is -1.90. The second kappa shape index (κ2) is 13.3. The van der Waals surface area contributed by atoms with Crippen molar-refractivity contribution in [2.45, 2.75) is 12.4 Å². The fourth-order valence-electron chi connectivity index (χ4n) is 2.80. The monoisotopic (exact) mass is 600 g/mol. The van der Waals surface area contributed by atoms with Crippen LogP contribution in [0.1, 0.15) is 16.7 Å². The van der Waals surface area contributed by atoms with Gasteiger partial charge in [-0.25, -0.2) is 5.43 Å². The molecule has 0 saturated carbocycles. The van der Waals surface area contributed by atoms with Gasteiger partial charge in [-0.3, -0.25) is 4.79 Å². The largest absolute Gasteiger partial charge is 0.493 e. The fourth-order valence-corrected chi connectivity index (χ4v) is 4.74. The van der Waals surface area contributed by atoms with Crippen molar-refractivity contribution in [2.75, 3.05) is 12.9 Å². The molecule has 0 radical (unpaired) electrons. The Labute approximate surface area is 225 Å². The van der Waals surface area contributed by atoms with E-state index in [0.717, 1.165) is 16.7 Å². The van der Waals surface area contributed by atoms with E-state index in [1.807, 2.05) is 36.4 Å². The van der Waals surface area contributed by atoms with Gasteiger partial charge < -0.3 is 9.47 Å². The maximum Gasteiger partial charge on any atom is 0.250 e. The molecule has 0 saturated heterocycles. The molecule has 0 fully saturated rings. The predicted molar refractivity (Wildman–Crippen MR) is 145 cm³/mol. The highest BCUT2D eigenvalue weighted by atomic mass is 79.9. The van der Waals surface area contributed by atoms with Crippen LogP contribution in [0.15, 0.2) is 64.2 Å². The highest BCUT2D eigenvalue weighted by Crippen LogP contribution is 2.37. The van der Waals surface area contributed by atoms with Crippen LogP contribution in [0.5, 0.6) is 11.5 Å². The minimum atomic E-state index is -0.193. The van der Waals surface area contributed by atoms with Crippen molar-refractivity contribution < 1.29 is 14.3 Å². The van der Waals surface area contributed by atoms with Crippen LogP contribution in [0.25, 0.3) is 0 Å². The number of carbonyl (C=O) groups is 1. The first kappa shape index (κ1) is 26.7. The number of carbonyl (C=O) groups excluding carboxylic acids is 1. The standard InChI is InChI=1S/C24H20BrCl3N2O3S/c1-32-22-9-16(8-20(25)24(22)33-12-17-4-7-19(27)10-21(17)28)11-29-30-23(31)14-34-13-15-2-5-18(26)6-3-15/h2-11H,12-14H2,1H3,(H,30,31)/b29-11+. The number of nitrogens with one attached hydrogen (secondary N) is 1. The number of halogens is 4. The Kier molecular flexibility index (Phi) is 10.4. The quantitative estimate of drug-likeness (QED) is 0.194. The molecular weight excluding hydrogens is 583 g/mol. The maximum absolute atomic E-state index is 12.1. The lowest BCUT2D eigenvalue weighted by Crippen LogP contribution is -2.19. The number of amides is 1. The van der Waals surface area contributed by atoms with Crippen molar-refractivity contribution in [3.05, 3.63) is 90.8 Å². The number of methoxy groups -OCH3 is 1. The topological polar surface area (TPSA) is 59.9 Å². The molecule has 5 nitrogen and oxygen atoms in total. The predicted octanol–water partition coefficient (Wildman–Crippen LogP) is 7.38. The van der Waals surface area contributed by atoms with Crippen LogP contribution < -0.4 is 14.9 Å². The lowest BCUT2D eigenvalue weighted by molar-refractivity contribution is -0.118. The van der Waals surface area contributed by atoms with Gasteiger partial charge in [0.1, 0.15) is 6.61 Å². The van der Waals surface area contributed by atoms with Crippen molar-refractivity contribution in [3.63, 3.8) is 0 Å². The van der Waals surface area contributed by atoms with Crippen LogP contribution in [0.2, 0.25) is 15.1 Å². The van der Waals surface area contributed by atoms with E-state index in [2.05, 4.69) is 26.5 Å². The van der Waals surface area contributed by atoms with Gasteiger partial charge in [0.2, 0.25) is 5.91 Å². The van der Waals surface area contributed by atoms with Gasteiger partial charge in [-0.05, 0) is 63.5 Å². The summed E-state index contributed by atoms with van der Waals surface area (Å²) in [6, 6.07) is 16.3. The van der Waals surface area contributed by atoms with Gasteiger partial charge >= 0.3 is 0 Å². The van der Waals surface area contributed by atoms with Crippen molar-refractivity contribution in [1.82, 2.24) is 5.43 Å². The van der Waals surface area contributed by atoms with Crippen molar-refractivity contribution in [3.8, 4) is 11.5 Å². The molecule has 3 rings (SSSR count). The van der Waals surface area contributed by atoms with Gasteiger partial charge in [0.25, 0.3) is 0 Å². The Morgan fingerprint density at radius 3 is 2.53 bits per heavy atom. The van der Waals surface area contributed by atoms with E-state index in [1.165, 1.54) is 18.0 Å². The zero-order chi connectivity index (χ0) is 24.5. The lowest BCUT2D eigenvalue weighted by Gasteiger charge is -2.14. The minimum Gasteiger partial charge on any atom is -0.493 e. The van der Waals surface area contributed by atoms with E-state index in [1.54, 1.807) is 25.3 Å². The molecule has 34 heavy (non-hydrogen) atoms. The minimum absolute atomic E-state index is 0.193. The molecular formula is C24H20BrCl3N2O3S. The smallest absolute Gasteiger partial charge is 0.250 e. The van der Waals surface area contributed by atoms with Crippen molar-refractivity contribution >= 4 is 74.6 Å². The maximum atomic E-state index is 12.1. The van der Waals surface area contributed by atoms with Crippen LogP contribution in [0.4, 0.5) is 0 Å². The Morgan fingerprint density at radius 2 is 1.82 bits per heavy atom. The van der Waals surface area contributed by atoms with Gasteiger partial charge in [-0.15, -0.1) is 11.8 Å². The first-order valence-electron chi connectivity index (χ1n) is 9.94. The average Bonchev–Trinajstić information content (AvgIpc) is 2.80. The Bertz CT molecular complexity index is 1180. The van der Waals surface area contributed by atoms with E-state index in [0.29, 0.717) is 36.8 Å². The van der Waals surface area contributed by atoms with Gasteiger partial charge in [0.15, 0.2) is 11.5 Å². The summed E-state index contributed by atoms with van der Waals surface area (Å²) < 4.78 is 12.1. The summed E-state index contributed by atoms with van der Waals surface area (Å²) >= 11 is 23.0. The summed E-state index contributed by atoms with van der Waals surface area (Å²) in [7, 11) is 1.55. The Balaban J connectivity index is 1.54. The first-order chi connectivity index (χ1) is 16.4. The molecule has 3 aromatic rings. The number of ether oxygens (including phenoxy) is 2. The number of hydrogen-bond donors (Lipinski definition) is 1. The van der Waals surface area contributed by atoms with Crippen LogP contribution in [-0.4, -0.2) is 25.0 Å². The third-order valence-corrected chi connectivity index (χ3v) is 6.89. The number of nitrogens with zero attached hydrogens (tertiary/aromatic N) is 1. The summed E-state index contributed by atoms with van der Waals surface area (Å²) in [6.07, 6.45) is 1.54. The van der Waals surface area contributed by atoms with E-state index in [4.69, 9.17) is 44.3 Å². The highest BCUT2D eigenvalue weighted by molar-refractivity contribution is 9.10. The van der Waals surface area contributed by atoms with Gasteiger partial charge in [0, 0.05) is 26.4 Å². The van der Waals surface area contributed by atoms with Gasteiger partial charge in [0.05, 0.1) is 23.5 Å². The number of rotatable bonds is 10. The molecule has 1 N–H and O–H groups in total. The SMILES string of the molecule is COc1cc(/C=N/NC(=O)CSCc2ccc(Cl)cc2)cc(Br)c1OCc1ccc(Cl)cc1Cl. The molecule has 0 aliphatic heterocycles. The van der Waals surface area contributed by atoms with Crippen molar-refractivity contribution in [2.24, 2.45) is 5.10 Å². The number of hydrazone groups is 1. The van der Waals surface area contributed by atoms with E-state index in [-0.39, 0.29) is 18.3 Å².